The minimum absolute atomic E-state index is 0.158. The second-order valence-electron chi connectivity index (χ2n) is 12.0. The maximum atomic E-state index is 13.2. The summed E-state index contributed by atoms with van der Waals surface area (Å²) < 4.78 is 12.1. The van der Waals surface area contributed by atoms with Gasteiger partial charge in [0, 0.05) is 11.8 Å². The van der Waals surface area contributed by atoms with Crippen LogP contribution in [0, 0.1) is 41.4 Å². The number of rotatable bonds is 6. The predicted octanol–water partition coefficient (Wildman–Crippen LogP) is 7.18. The minimum Gasteiger partial charge on any atom is -0.482 e. The molecule has 3 fully saturated rings. The molecule has 0 heterocycles. The zero-order chi connectivity index (χ0) is 27.0. The molecule has 0 radical (unpaired) electrons. The smallest absolute Gasteiger partial charge is 0.345 e. The third-order valence-corrected chi connectivity index (χ3v) is 10.6. The van der Waals surface area contributed by atoms with Crippen LogP contribution in [-0.2, 0) is 14.3 Å². The van der Waals surface area contributed by atoms with Crippen molar-refractivity contribution in [2.45, 2.75) is 70.3 Å². The molecule has 0 aliphatic heterocycles. The van der Waals surface area contributed by atoms with E-state index < -0.39 is 11.6 Å². The van der Waals surface area contributed by atoms with Gasteiger partial charge in [0.05, 0.1) is 0 Å². The van der Waals surface area contributed by atoms with Crippen LogP contribution in [0.3, 0.4) is 0 Å². The summed E-state index contributed by atoms with van der Waals surface area (Å²) >= 11 is 0. The highest BCUT2D eigenvalue weighted by Crippen LogP contribution is 2.67. The maximum Gasteiger partial charge on any atom is 0.345 e. The number of hydrogen-bond acceptors (Lipinski definition) is 4. The van der Waals surface area contributed by atoms with E-state index in [1.807, 2.05) is 48.5 Å². The van der Waals surface area contributed by atoms with Crippen LogP contribution in [-0.4, -0.2) is 24.0 Å². The summed E-state index contributed by atoms with van der Waals surface area (Å²) in [5.41, 5.74) is 2.55. The molecule has 4 nitrogen and oxygen atoms in total. The van der Waals surface area contributed by atoms with Crippen molar-refractivity contribution >= 4 is 11.8 Å². The Bertz CT molecular complexity index is 1300. The zero-order valence-corrected chi connectivity index (χ0v) is 22.9. The molecule has 0 amide bonds. The van der Waals surface area contributed by atoms with Crippen molar-refractivity contribution in [2.75, 3.05) is 6.61 Å². The molecule has 0 N–H and O–H groups in total. The van der Waals surface area contributed by atoms with Crippen LogP contribution in [0.5, 0.6) is 5.75 Å². The van der Waals surface area contributed by atoms with E-state index in [4.69, 9.17) is 15.9 Å². The highest BCUT2D eigenvalue weighted by molar-refractivity contribution is 5.91. The first-order chi connectivity index (χ1) is 19.0. The number of carbonyl (C=O) groups excluding carboxylic acids is 2. The monoisotopic (exact) mass is 522 g/mol. The first-order valence-electron chi connectivity index (χ1n) is 14.7. The summed E-state index contributed by atoms with van der Waals surface area (Å²) in [5, 5.41) is 0. The van der Waals surface area contributed by atoms with Gasteiger partial charge in [-0.05, 0) is 104 Å². The van der Waals surface area contributed by atoms with Gasteiger partial charge in [-0.2, -0.15) is 0 Å². The standard InChI is InChI=1S/C35H38O4/c1-3-34-20-18-30-29-17-13-27(36)22-26(29)12-16-31(30)32(34)19-21-35(34,4-2)39-33(37)23-38-28-14-10-25(11-15-28)24-8-6-5-7-9-24/h2,5-11,14-15,22,29-32H,3,12-13,16-21,23H2,1H3/t29?,30?,31?,32?,34-,35-/m0/s1. The van der Waals surface area contributed by atoms with E-state index in [1.54, 1.807) is 0 Å². The SMILES string of the molecule is C#C[C@]1(OC(=O)COc2ccc(-c3ccccc3)cc2)CCC2C3CCC4=CC(=O)CCC4C3CC[C@@]21CC. The average molecular weight is 523 g/mol. The number of hydrogen-bond donors (Lipinski definition) is 0. The molecular weight excluding hydrogens is 484 g/mol. The maximum absolute atomic E-state index is 13.2. The second-order valence-corrected chi connectivity index (χ2v) is 12.0. The first kappa shape index (κ1) is 25.9. The summed E-state index contributed by atoms with van der Waals surface area (Å²) in [6.45, 7) is 2.06. The summed E-state index contributed by atoms with van der Waals surface area (Å²) in [6.07, 6.45) is 16.7. The quantitative estimate of drug-likeness (QED) is 0.298. The van der Waals surface area contributed by atoms with Gasteiger partial charge in [-0.25, -0.2) is 4.79 Å². The Morgan fingerprint density at radius 1 is 0.949 bits per heavy atom. The summed E-state index contributed by atoms with van der Waals surface area (Å²) in [6, 6.07) is 17.9. The van der Waals surface area contributed by atoms with Gasteiger partial charge in [-0.1, -0.05) is 60.9 Å². The first-order valence-corrected chi connectivity index (χ1v) is 14.7. The average Bonchev–Trinajstić information content (AvgIpc) is 3.31. The molecule has 202 valence electrons. The van der Waals surface area contributed by atoms with Gasteiger partial charge >= 0.3 is 5.97 Å². The van der Waals surface area contributed by atoms with Gasteiger partial charge in [0.2, 0.25) is 0 Å². The largest absolute Gasteiger partial charge is 0.482 e. The lowest BCUT2D eigenvalue weighted by molar-refractivity contribution is -0.175. The summed E-state index contributed by atoms with van der Waals surface area (Å²) in [7, 11) is 0. The van der Waals surface area contributed by atoms with Crippen molar-refractivity contribution in [3.05, 3.63) is 66.2 Å². The number of allylic oxidation sites excluding steroid dienone is 1. The van der Waals surface area contributed by atoms with Gasteiger partial charge in [-0.15, -0.1) is 6.42 Å². The normalized spacial score (nSPS) is 33.1. The van der Waals surface area contributed by atoms with Crippen molar-refractivity contribution in [2.24, 2.45) is 29.1 Å². The van der Waals surface area contributed by atoms with Crippen LogP contribution < -0.4 is 4.74 Å². The van der Waals surface area contributed by atoms with E-state index in [2.05, 4.69) is 25.0 Å². The molecule has 4 aliphatic rings. The number of esters is 1. The van der Waals surface area contributed by atoms with Crippen molar-refractivity contribution in [3.63, 3.8) is 0 Å². The Hall–Kier alpha value is -3.32. The molecular formula is C35H38O4. The van der Waals surface area contributed by atoms with Crippen molar-refractivity contribution in [1.29, 1.82) is 0 Å². The van der Waals surface area contributed by atoms with Gasteiger partial charge in [-0.3, -0.25) is 4.79 Å². The molecule has 2 aromatic carbocycles. The van der Waals surface area contributed by atoms with Crippen LogP contribution >= 0.6 is 0 Å². The Balaban J connectivity index is 1.14. The summed E-state index contributed by atoms with van der Waals surface area (Å²) in [5.74, 6) is 5.77. The fourth-order valence-electron chi connectivity index (χ4n) is 8.86. The molecule has 4 aliphatic carbocycles. The second kappa shape index (κ2) is 10.3. The fraction of sp³-hybridized carbons (Fsp3) is 0.486. The van der Waals surface area contributed by atoms with Gasteiger partial charge in [0.1, 0.15) is 5.75 Å². The van der Waals surface area contributed by atoms with E-state index in [1.165, 1.54) is 5.57 Å². The van der Waals surface area contributed by atoms with Crippen LogP contribution in [0.25, 0.3) is 11.1 Å². The van der Waals surface area contributed by atoms with E-state index in [0.717, 1.165) is 56.1 Å². The van der Waals surface area contributed by atoms with E-state index in [9.17, 15) is 9.59 Å². The van der Waals surface area contributed by atoms with Gasteiger partial charge < -0.3 is 9.47 Å². The van der Waals surface area contributed by atoms with E-state index in [0.29, 0.717) is 48.0 Å². The third kappa shape index (κ3) is 4.41. The van der Waals surface area contributed by atoms with Crippen molar-refractivity contribution in [1.82, 2.24) is 0 Å². The molecule has 39 heavy (non-hydrogen) atoms. The number of terminal acetylenes is 1. The molecule has 0 spiro atoms. The molecule has 0 saturated heterocycles. The number of ether oxygens (including phenoxy) is 2. The van der Waals surface area contributed by atoms with Crippen LogP contribution in [0.1, 0.15) is 64.7 Å². The molecule has 6 atom stereocenters. The van der Waals surface area contributed by atoms with Crippen LogP contribution in [0.2, 0.25) is 0 Å². The summed E-state index contributed by atoms with van der Waals surface area (Å²) in [4.78, 5) is 25.2. The molecule has 4 heteroatoms. The molecule has 2 aromatic rings. The number of fused-ring (bicyclic) bond motifs is 5. The van der Waals surface area contributed by atoms with Crippen LogP contribution in [0.4, 0.5) is 0 Å². The Labute approximate surface area is 232 Å². The minimum atomic E-state index is -0.881. The number of ketones is 1. The van der Waals surface area contributed by atoms with E-state index >= 15 is 0 Å². The lowest BCUT2D eigenvalue weighted by Gasteiger charge is -2.56. The topological polar surface area (TPSA) is 52.6 Å². The molecule has 4 unspecified atom stereocenters. The highest BCUT2D eigenvalue weighted by atomic mass is 16.6. The number of benzene rings is 2. The molecule has 3 saturated carbocycles. The van der Waals surface area contributed by atoms with Crippen molar-refractivity contribution < 1.29 is 19.1 Å². The lowest BCUT2D eigenvalue weighted by atomic mass is 9.49. The molecule has 0 bridgehead atoms. The highest BCUT2D eigenvalue weighted by Gasteiger charge is 2.65. The van der Waals surface area contributed by atoms with E-state index in [-0.39, 0.29) is 12.0 Å². The lowest BCUT2D eigenvalue weighted by Crippen LogP contribution is -2.55. The number of carbonyl (C=O) groups is 2. The zero-order valence-electron chi connectivity index (χ0n) is 22.9. The Kier molecular flexibility index (Phi) is 6.88. The van der Waals surface area contributed by atoms with Gasteiger partial charge in [0.15, 0.2) is 18.0 Å². The molecule has 6 rings (SSSR count). The Morgan fingerprint density at radius 3 is 2.46 bits per heavy atom. The fourth-order valence-corrected chi connectivity index (χ4v) is 8.86. The third-order valence-electron chi connectivity index (χ3n) is 10.6. The predicted molar refractivity (Wildman–Crippen MR) is 152 cm³/mol. The molecule has 0 aromatic heterocycles. The van der Waals surface area contributed by atoms with Crippen LogP contribution in [0.15, 0.2) is 66.2 Å². The van der Waals surface area contributed by atoms with Crippen molar-refractivity contribution in [3.8, 4) is 29.2 Å². The Morgan fingerprint density at radius 2 is 1.72 bits per heavy atom. The van der Waals surface area contributed by atoms with Gasteiger partial charge in [0.25, 0.3) is 0 Å².